The number of hydrogen-bond donors (Lipinski definition) is 1. The van der Waals surface area contributed by atoms with E-state index in [1.165, 1.54) is 5.56 Å². The molecule has 0 spiro atoms. The number of benzene rings is 1. The van der Waals surface area contributed by atoms with Crippen molar-refractivity contribution in [3.8, 4) is 0 Å². The fourth-order valence-electron chi connectivity index (χ4n) is 2.91. The second kappa shape index (κ2) is 5.33. The Morgan fingerprint density at radius 3 is 2.50 bits per heavy atom. The molecule has 4 nitrogen and oxygen atoms in total. The molecule has 20 heavy (non-hydrogen) atoms. The van der Waals surface area contributed by atoms with Gasteiger partial charge in [0, 0.05) is 36.7 Å². The van der Waals surface area contributed by atoms with Gasteiger partial charge in [-0.1, -0.05) is 19.9 Å². The number of hydrogen-bond acceptors (Lipinski definition) is 4. The van der Waals surface area contributed by atoms with Crippen molar-refractivity contribution in [2.75, 3.05) is 13.1 Å². The summed E-state index contributed by atoms with van der Waals surface area (Å²) >= 11 is 1.86. The minimum Gasteiger partial charge on any atom is -0.309 e. The summed E-state index contributed by atoms with van der Waals surface area (Å²) in [6.45, 7) is 7.00. The molecule has 2 aliphatic heterocycles. The molecule has 1 aromatic carbocycles. The Hall–Kier alpha value is -0.560. The topological polar surface area (TPSA) is 49.4 Å². The molecule has 110 valence electrons. The van der Waals surface area contributed by atoms with Crippen LogP contribution in [0.1, 0.15) is 25.0 Å². The van der Waals surface area contributed by atoms with Gasteiger partial charge < -0.3 is 5.32 Å². The van der Waals surface area contributed by atoms with E-state index in [0.29, 0.717) is 28.5 Å². The van der Waals surface area contributed by atoms with Gasteiger partial charge in [-0.15, -0.1) is 0 Å². The molecular formula is C14H20N2O2S2. The highest BCUT2D eigenvalue weighted by molar-refractivity contribution is 8.00. The molecule has 2 aliphatic rings. The first-order valence-electron chi connectivity index (χ1n) is 6.95. The predicted octanol–water partition coefficient (Wildman–Crippen LogP) is 1.80. The summed E-state index contributed by atoms with van der Waals surface area (Å²) < 4.78 is 27.2. The molecule has 1 fully saturated rings. The van der Waals surface area contributed by atoms with Crippen LogP contribution in [0.3, 0.4) is 0 Å². The molecule has 2 atom stereocenters. The van der Waals surface area contributed by atoms with Crippen LogP contribution in [0, 0.1) is 0 Å². The largest absolute Gasteiger partial charge is 0.309 e. The lowest BCUT2D eigenvalue weighted by molar-refractivity contribution is 0.405. The van der Waals surface area contributed by atoms with Crippen LogP contribution in [0.15, 0.2) is 23.1 Å². The molecule has 0 bridgehead atoms. The van der Waals surface area contributed by atoms with Gasteiger partial charge in [-0.25, -0.2) is 8.42 Å². The number of nitrogens with zero attached hydrogens (tertiary/aromatic N) is 1. The molecule has 0 radical (unpaired) electrons. The average Bonchev–Trinajstić information content (AvgIpc) is 2.84. The van der Waals surface area contributed by atoms with Gasteiger partial charge in [-0.3, -0.25) is 0 Å². The Bertz CT molecular complexity index is 606. The third-order valence-electron chi connectivity index (χ3n) is 3.83. The molecule has 1 N–H and O–H groups in total. The highest BCUT2D eigenvalue weighted by atomic mass is 32.2. The smallest absolute Gasteiger partial charge is 0.243 e. The number of sulfonamides is 1. The first kappa shape index (κ1) is 14.4. The third-order valence-corrected chi connectivity index (χ3v) is 6.89. The quantitative estimate of drug-likeness (QED) is 0.905. The van der Waals surface area contributed by atoms with Crippen molar-refractivity contribution >= 4 is 21.8 Å². The zero-order valence-corrected chi connectivity index (χ0v) is 13.4. The molecule has 0 aromatic heterocycles. The number of thioether (sulfide) groups is 1. The third kappa shape index (κ3) is 2.62. The first-order chi connectivity index (χ1) is 9.46. The Kier molecular flexibility index (Phi) is 3.83. The Morgan fingerprint density at radius 1 is 1.15 bits per heavy atom. The van der Waals surface area contributed by atoms with Crippen molar-refractivity contribution in [3.05, 3.63) is 29.3 Å². The van der Waals surface area contributed by atoms with E-state index in [1.54, 1.807) is 10.4 Å². The lowest BCUT2D eigenvalue weighted by Crippen LogP contribution is -2.43. The molecule has 1 aromatic rings. The Morgan fingerprint density at radius 2 is 1.80 bits per heavy atom. The standard InChI is InChI=1S/C14H20N2O2S2/c1-10-8-16(9-11(2)19-10)20(17,18)14-4-3-12-6-15-7-13(12)5-14/h3-5,10-11,15H,6-9H2,1-2H3. The van der Waals surface area contributed by atoms with Crippen molar-refractivity contribution in [1.29, 1.82) is 0 Å². The SMILES string of the molecule is CC1CN(S(=O)(=O)c2ccc3c(c2)CNC3)CC(C)S1. The summed E-state index contributed by atoms with van der Waals surface area (Å²) in [6, 6.07) is 5.52. The van der Waals surface area contributed by atoms with E-state index in [4.69, 9.17) is 0 Å². The number of fused-ring (bicyclic) bond motifs is 1. The van der Waals surface area contributed by atoms with Crippen LogP contribution in [0.5, 0.6) is 0 Å². The van der Waals surface area contributed by atoms with Gasteiger partial charge in [-0.05, 0) is 23.3 Å². The van der Waals surface area contributed by atoms with Crippen LogP contribution in [0.25, 0.3) is 0 Å². The second-order valence-corrected chi connectivity index (χ2v) is 9.43. The van der Waals surface area contributed by atoms with Crippen LogP contribution < -0.4 is 5.32 Å². The minimum atomic E-state index is -3.36. The van der Waals surface area contributed by atoms with Gasteiger partial charge in [-0.2, -0.15) is 16.1 Å². The summed E-state index contributed by atoms with van der Waals surface area (Å²) in [6.07, 6.45) is 0. The van der Waals surface area contributed by atoms with Crippen LogP contribution in [0.2, 0.25) is 0 Å². The molecule has 1 saturated heterocycles. The summed E-state index contributed by atoms with van der Waals surface area (Å²) in [7, 11) is -3.36. The fourth-order valence-corrected chi connectivity index (χ4v) is 6.09. The molecule has 2 unspecified atom stereocenters. The van der Waals surface area contributed by atoms with Crippen molar-refractivity contribution in [2.45, 2.75) is 42.3 Å². The van der Waals surface area contributed by atoms with Crippen LogP contribution in [-0.2, 0) is 23.1 Å². The summed E-state index contributed by atoms with van der Waals surface area (Å²) in [5.74, 6) is 0. The van der Waals surface area contributed by atoms with E-state index in [0.717, 1.165) is 18.7 Å². The van der Waals surface area contributed by atoms with E-state index >= 15 is 0 Å². The monoisotopic (exact) mass is 312 g/mol. The van der Waals surface area contributed by atoms with Crippen molar-refractivity contribution in [3.63, 3.8) is 0 Å². The molecule has 3 rings (SSSR count). The van der Waals surface area contributed by atoms with Crippen molar-refractivity contribution in [2.24, 2.45) is 0 Å². The van der Waals surface area contributed by atoms with E-state index in [-0.39, 0.29) is 0 Å². The first-order valence-corrected chi connectivity index (χ1v) is 9.33. The van der Waals surface area contributed by atoms with Crippen LogP contribution >= 0.6 is 11.8 Å². The summed E-state index contributed by atoms with van der Waals surface area (Å²) in [5, 5.41) is 3.95. The molecule has 0 saturated carbocycles. The number of rotatable bonds is 2. The van der Waals surface area contributed by atoms with Crippen LogP contribution in [0.4, 0.5) is 0 Å². The van der Waals surface area contributed by atoms with Crippen LogP contribution in [-0.4, -0.2) is 36.3 Å². The van der Waals surface area contributed by atoms with Gasteiger partial charge >= 0.3 is 0 Å². The zero-order valence-electron chi connectivity index (χ0n) is 11.8. The average molecular weight is 312 g/mol. The Labute approximate surface area is 125 Å². The van der Waals surface area contributed by atoms with Crippen molar-refractivity contribution in [1.82, 2.24) is 9.62 Å². The molecule has 2 heterocycles. The lowest BCUT2D eigenvalue weighted by Gasteiger charge is -2.33. The van der Waals surface area contributed by atoms with Gasteiger partial charge in [0.05, 0.1) is 4.90 Å². The molecule has 6 heteroatoms. The van der Waals surface area contributed by atoms with Gasteiger partial charge in [0.2, 0.25) is 10.0 Å². The second-order valence-electron chi connectivity index (χ2n) is 5.61. The molecule has 0 aliphatic carbocycles. The lowest BCUT2D eigenvalue weighted by atomic mass is 10.1. The van der Waals surface area contributed by atoms with E-state index in [2.05, 4.69) is 19.2 Å². The normalized spacial score (nSPS) is 27.5. The molecular weight excluding hydrogens is 292 g/mol. The Balaban J connectivity index is 1.91. The fraction of sp³-hybridized carbons (Fsp3) is 0.571. The zero-order chi connectivity index (χ0) is 14.3. The minimum absolute atomic E-state index is 0.351. The van der Waals surface area contributed by atoms with Gasteiger partial charge in [0.15, 0.2) is 0 Å². The van der Waals surface area contributed by atoms with E-state index < -0.39 is 10.0 Å². The summed E-state index contributed by atoms with van der Waals surface area (Å²) in [5.41, 5.74) is 2.32. The maximum atomic E-state index is 12.8. The highest BCUT2D eigenvalue weighted by Crippen LogP contribution is 2.30. The maximum Gasteiger partial charge on any atom is 0.243 e. The summed E-state index contributed by atoms with van der Waals surface area (Å²) in [4.78, 5) is 0.436. The highest BCUT2D eigenvalue weighted by Gasteiger charge is 2.32. The number of nitrogens with one attached hydrogen (secondary N) is 1. The van der Waals surface area contributed by atoms with Gasteiger partial charge in [0.25, 0.3) is 0 Å². The van der Waals surface area contributed by atoms with E-state index in [9.17, 15) is 8.42 Å². The van der Waals surface area contributed by atoms with Gasteiger partial charge in [0.1, 0.15) is 0 Å². The maximum absolute atomic E-state index is 12.8. The predicted molar refractivity (Wildman–Crippen MR) is 82.3 cm³/mol. The molecule has 0 amide bonds. The van der Waals surface area contributed by atoms with E-state index in [1.807, 2.05) is 23.9 Å². The van der Waals surface area contributed by atoms with Crippen molar-refractivity contribution < 1.29 is 8.42 Å².